The number of nitrogens with zero attached hydrogens (tertiary/aromatic N) is 1. The van der Waals surface area contributed by atoms with Crippen LogP contribution in [-0.4, -0.2) is 38.6 Å². The maximum atomic E-state index is 11.7. The van der Waals surface area contributed by atoms with Crippen LogP contribution < -0.4 is 0 Å². The lowest BCUT2D eigenvalue weighted by Crippen LogP contribution is -2.57. The van der Waals surface area contributed by atoms with Gasteiger partial charge in [0.2, 0.25) is 11.8 Å². The van der Waals surface area contributed by atoms with Crippen LogP contribution in [0.4, 0.5) is 0 Å². The molecule has 2 amide bonds. The van der Waals surface area contributed by atoms with Crippen LogP contribution in [0.15, 0.2) is 0 Å². The zero-order valence-electron chi connectivity index (χ0n) is 13.4. The van der Waals surface area contributed by atoms with Crippen LogP contribution >= 0.6 is 12.6 Å². The minimum absolute atomic E-state index is 0.554. The van der Waals surface area contributed by atoms with Crippen molar-refractivity contribution in [2.45, 2.75) is 77.0 Å². The molecule has 0 bridgehead atoms. The summed E-state index contributed by atoms with van der Waals surface area (Å²) in [6.07, 6.45) is 4.53. The van der Waals surface area contributed by atoms with Crippen LogP contribution in [-0.2, 0) is 14.4 Å². The number of amides is 2. The van der Waals surface area contributed by atoms with Crippen molar-refractivity contribution in [3.05, 3.63) is 0 Å². The van der Waals surface area contributed by atoms with Crippen molar-refractivity contribution in [2.75, 3.05) is 0 Å². The van der Waals surface area contributed by atoms with E-state index in [1.807, 2.05) is 13.8 Å². The molecule has 0 radical (unpaired) electrons. The zero-order chi connectivity index (χ0) is 16.6. The van der Waals surface area contributed by atoms with E-state index in [0.29, 0.717) is 12.8 Å². The van der Waals surface area contributed by atoms with Gasteiger partial charge < -0.3 is 5.11 Å². The normalized spacial score (nSPS) is 12.8. The number of unbranched alkanes of at least 4 members (excludes halogenated alkanes) is 2. The lowest BCUT2D eigenvalue weighted by molar-refractivity contribution is -0.158. The van der Waals surface area contributed by atoms with Crippen LogP contribution in [0.3, 0.4) is 0 Å². The fraction of sp³-hybridized carbons (Fsp3) is 0.800. The molecule has 0 unspecified atom stereocenters. The number of rotatable bonds is 9. The largest absolute Gasteiger partial charge is 0.480 e. The fourth-order valence-electron chi connectivity index (χ4n) is 2.53. The molecule has 0 aliphatic heterocycles. The molecule has 0 saturated heterocycles. The van der Waals surface area contributed by atoms with Gasteiger partial charge in [0, 0.05) is 18.6 Å². The van der Waals surface area contributed by atoms with E-state index in [1.165, 1.54) is 13.8 Å². The molecule has 21 heavy (non-hydrogen) atoms. The quantitative estimate of drug-likeness (QED) is 0.641. The summed E-state index contributed by atoms with van der Waals surface area (Å²) in [5.41, 5.74) is 0. The molecule has 5 nitrogen and oxygen atoms in total. The minimum Gasteiger partial charge on any atom is -0.480 e. The summed E-state index contributed by atoms with van der Waals surface area (Å²) in [4.78, 5) is 36.0. The van der Waals surface area contributed by atoms with Gasteiger partial charge >= 0.3 is 5.97 Å². The topological polar surface area (TPSA) is 74.7 Å². The molecule has 6 heteroatoms. The third kappa shape index (κ3) is 5.69. The predicted molar refractivity (Wildman–Crippen MR) is 85.4 cm³/mol. The molecule has 0 aromatic rings. The molecule has 0 aromatic carbocycles. The van der Waals surface area contributed by atoms with Crippen molar-refractivity contribution in [1.29, 1.82) is 0 Å². The second-order valence-electron chi connectivity index (χ2n) is 5.46. The highest BCUT2D eigenvalue weighted by molar-refractivity contribution is 7.82. The number of aliphatic carboxylic acids is 1. The molecule has 1 atom stereocenters. The Morgan fingerprint density at radius 1 is 1.05 bits per heavy atom. The first-order valence-corrected chi connectivity index (χ1v) is 7.91. The fourth-order valence-corrected chi connectivity index (χ4v) is 3.07. The summed E-state index contributed by atoms with van der Waals surface area (Å²) in [5.74, 6) is -2.29. The number of carboxylic acids is 1. The number of imide groups is 1. The third-order valence-electron chi connectivity index (χ3n) is 3.61. The van der Waals surface area contributed by atoms with Crippen molar-refractivity contribution in [3.63, 3.8) is 0 Å². The van der Waals surface area contributed by atoms with Crippen LogP contribution in [0.5, 0.6) is 0 Å². The second kappa shape index (κ2) is 9.07. The maximum Gasteiger partial charge on any atom is 0.328 e. The number of hydrogen-bond donors (Lipinski definition) is 2. The molecular formula is C15H27NO4S. The Balaban J connectivity index is 5.63. The number of carbonyl (C=O) groups excluding carboxylic acids is 2. The molecule has 0 saturated carbocycles. The van der Waals surface area contributed by atoms with E-state index in [-0.39, 0.29) is 0 Å². The van der Waals surface area contributed by atoms with E-state index < -0.39 is 28.6 Å². The lowest BCUT2D eigenvalue weighted by atomic mass is 9.86. The van der Waals surface area contributed by atoms with Gasteiger partial charge in [0.1, 0.15) is 0 Å². The van der Waals surface area contributed by atoms with E-state index in [1.54, 1.807) is 0 Å². The molecule has 0 aliphatic rings. The van der Waals surface area contributed by atoms with E-state index in [0.717, 1.165) is 30.6 Å². The number of carboxylic acid groups (broad SMARTS) is 1. The molecule has 0 rings (SSSR count). The monoisotopic (exact) mass is 317 g/mol. The Labute approximate surface area is 132 Å². The first kappa shape index (κ1) is 20.0. The first-order chi connectivity index (χ1) is 9.71. The Kier molecular flexibility index (Phi) is 8.63. The summed E-state index contributed by atoms with van der Waals surface area (Å²) >= 11 is 4.62. The minimum atomic E-state index is -1.23. The van der Waals surface area contributed by atoms with Gasteiger partial charge in [-0.2, -0.15) is 12.6 Å². The molecular weight excluding hydrogens is 290 g/mol. The van der Waals surface area contributed by atoms with E-state index >= 15 is 0 Å². The summed E-state index contributed by atoms with van der Waals surface area (Å²) < 4.78 is -0.894. The molecule has 1 N–H and O–H groups in total. The summed E-state index contributed by atoms with van der Waals surface area (Å²) in [6, 6.07) is -1.23. The molecule has 0 aromatic heterocycles. The SMILES string of the molecule is CCCCC(S)(CCCC)[C@@H](C(=O)O)N(C(C)=O)C(C)=O. The lowest BCUT2D eigenvalue weighted by Gasteiger charge is -2.39. The van der Waals surface area contributed by atoms with Crippen LogP contribution in [0.25, 0.3) is 0 Å². The van der Waals surface area contributed by atoms with E-state index in [4.69, 9.17) is 0 Å². The molecule has 0 heterocycles. The summed E-state index contributed by atoms with van der Waals surface area (Å²) in [6.45, 7) is 6.45. The average molecular weight is 317 g/mol. The average Bonchev–Trinajstić information content (AvgIpc) is 2.38. The van der Waals surface area contributed by atoms with Crippen molar-refractivity contribution < 1.29 is 19.5 Å². The number of hydrogen-bond acceptors (Lipinski definition) is 4. The Bertz CT molecular complexity index is 362. The molecule has 0 aliphatic carbocycles. The third-order valence-corrected chi connectivity index (χ3v) is 4.30. The van der Waals surface area contributed by atoms with Gasteiger partial charge in [0.15, 0.2) is 6.04 Å². The Morgan fingerprint density at radius 3 is 1.67 bits per heavy atom. The molecule has 122 valence electrons. The van der Waals surface area contributed by atoms with Gasteiger partial charge in [-0.25, -0.2) is 4.79 Å². The smallest absolute Gasteiger partial charge is 0.328 e. The van der Waals surface area contributed by atoms with Crippen molar-refractivity contribution in [2.24, 2.45) is 0 Å². The maximum absolute atomic E-state index is 11.7. The number of carbonyl (C=O) groups is 3. The highest BCUT2D eigenvalue weighted by atomic mass is 32.1. The number of thiol groups is 1. The van der Waals surface area contributed by atoms with E-state index in [9.17, 15) is 19.5 Å². The first-order valence-electron chi connectivity index (χ1n) is 7.46. The van der Waals surface area contributed by atoms with Gasteiger partial charge in [-0.1, -0.05) is 39.5 Å². The summed E-state index contributed by atoms with van der Waals surface area (Å²) in [7, 11) is 0. The van der Waals surface area contributed by atoms with Crippen molar-refractivity contribution in [1.82, 2.24) is 4.90 Å². The zero-order valence-corrected chi connectivity index (χ0v) is 14.3. The second-order valence-corrected chi connectivity index (χ2v) is 6.35. The van der Waals surface area contributed by atoms with Crippen molar-refractivity contribution >= 4 is 30.4 Å². The molecule has 0 fully saturated rings. The summed E-state index contributed by atoms with van der Waals surface area (Å²) in [5, 5.41) is 9.58. The Hall–Kier alpha value is -1.04. The van der Waals surface area contributed by atoms with Crippen LogP contribution in [0.1, 0.15) is 66.2 Å². The standard InChI is InChI=1S/C15H27NO4S/c1-5-7-9-15(21,10-8-6-2)13(14(19)20)16(11(3)17)12(4)18/h13,21H,5-10H2,1-4H3,(H,19,20)/t13-/m1/s1. The highest BCUT2D eigenvalue weighted by Gasteiger charge is 2.45. The van der Waals surface area contributed by atoms with Gasteiger partial charge in [0.05, 0.1) is 0 Å². The van der Waals surface area contributed by atoms with Crippen molar-refractivity contribution in [3.8, 4) is 0 Å². The van der Waals surface area contributed by atoms with Gasteiger partial charge in [-0.3, -0.25) is 14.5 Å². The van der Waals surface area contributed by atoms with Crippen LogP contribution in [0, 0.1) is 0 Å². The molecule has 0 spiro atoms. The van der Waals surface area contributed by atoms with E-state index in [2.05, 4.69) is 12.6 Å². The van der Waals surface area contributed by atoms with Gasteiger partial charge in [-0.15, -0.1) is 0 Å². The highest BCUT2D eigenvalue weighted by Crippen LogP contribution is 2.35. The van der Waals surface area contributed by atoms with Gasteiger partial charge in [0.25, 0.3) is 0 Å². The predicted octanol–water partition coefficient (Wildman–Crippen LogP) is 2.88. The van der Waals surface area contributed by atoms with Crippen LogP contribution in [0.2, 0.25) is 0 Å². The Morgan fingerprint density at radius 2 is 1.43 bits per heavy atom. The van der Waals surface area contributed by atoms with Gasteiger partial charge in [-0.05, 0) is 12.8 Å².